The van der Waals surface area contributed by atoms with Crippen LogP contribution in [0, 0.1) is 11.3 Å². The Kier molecular flexibility index (Phi) is 9.77. The second-order valence-electron chi connectivity index (χ2n) is 14.7. The number of carbonyl (C=O) groups is 3. The number of fused-ring (bicyclic) bond motifs is 5. The second kappa shape index (κ2) is 13.8. The van der Waals surface area contributed by atoms with Gasteiger partial charge in [0.25, 0.3) is 0 Å². The molecule has 3 fully saturated rings. The molecule has 4 aliphatic rings. The molecule has 1 N–H and O–H groups in total. The van der Waals surface area contributed by atoms with E-state index in [2.05, 4.69) is 22.2 Å². The summed E-state index contributed by atoms with van der Waals surface area (Å²) in [5, 5.41) is 3.68. The number of aromatic nitrogens is 2. The summed E-state index contributed by atoms with van der Waals surface area (Å²) in [6.07, 6.45) is 9.78. The molecule has 12 nitrogen and oxygen atoms in total. The fraction of sp³-hybridized carbons (Fsp3) is 0.686. The molecule has 3 aliphatic heterocycles. The number of pyridine rings is 2. The Labute approximate surface area is 276 Å². The van der Waals surface area contributed by atoms with Crippen molar-refractivity contribution in [1.82, 2.24) is 25.1 Å². The summed E-state index contributed by atoms with van der Waals surface area (Å²) in [6, 6.07) is 0.0600. The summed E-state index contributed by atoms with van der Waals surface area (Å²) in [5.74, 6) is 0.640. The van der Waals surface area contributed by atoms with Gasteiger partial charge in [-0.15, -0.1) is 0 Å². The second-order valence-corrected chi connectivity index (χ2v) is 14.7. The van der Waals surface area contributed by atoms with E-state index >= 15 is 0 Å². The molecule has 6 rings (SSSR count). The van der Waals surface area contributed by atoms with Crippen LogP contribution in [0.3, 0.4) is 0 Å². The molecule has 256 valence electrons. The first-order valence-electron chi connectivity index (χ1n) is 17.2. The van der Waals surface area contributed by atoms with Gasteiger partial charge in [-0.3, -0.25) is 9.78 Å². The summed E-state index contributed by atoms with van der Waals surface area (Å²) >= 11 is 0. The molecule has 2 saturated heterocycles. The van der Waals surface area contributed by atoms with Gasteiger partial charge in [-0.05, 0) is 63.0 Å². The van der Waals surface area contributed by atoms with Crippen molar-refractivity contribution in [3.05, 3.63) is 24.0 Å². The zero-order chi connectivity index (χ0) is 33.3. The first kappa shape index (κ1) is 33.2. The van der Waals surface area contributed by atoms with Gasteiger partial charge in [-0.1, -0.05) is 33.6 Å². The molecule has 47 heavy (non-hydrogen) atoms. The van der Waals surface area contributed by atoms with Crippen molar-refractivity contribution in [2.75, 3.05) is 33.8 Å². The minimum Gasteiger partial charge on any atom is -0.489 e. The van der Waals surface area contributed by atoms with Crippen LogP contribution in [0.15, 0.2) is 18.5 Å². The van der Waals surface area contributed by atoms with Crippen LogP contribution >= 0.6 is 0 Å². The van der Waals surface area contributed by atoms with E-state index in [0.717, 1.165) is 80.3 Å². The third kappa shape index (κ3) is 7.58. The lowest BCUT2D eigenvalue weighted by Crippen LogP contribution is -2.57. The Bertz CT molecular complexity index is 1470. The maximum absolute atomic E-state index is 14.2. The average Bonchev–Trinajstić information content (AvgIpc) is 3.63. The monoisotopic (exact) mass is 651 g/mol. The Morgan fingerprint density at radius 1 is 1.06 bits per heavy atom. The quantitative estimate of drug-likeness (QED) is 0.480. The largest absolute Gasteiger partial charge is 0.489 e. The van der Waals surface area contributed by atoms with Crippen LogP contribution in [0.5, 0.6) is 11.6 Å². The molecule has 2 bridgehead atoms. The Morgan fingerprint density at radius 3 is 2.60 bits per heavy atom. The lowest BCUT2D eigenvalue weighted by Gasteiger charge is -2.34. The van der Waals surface area contributed by atoms with Crippen LogP contribution in [0.2, 0.25) is 0 Å². The minimum absolute atomic E-state index is 0.0637. The summed E-state index contributed by atoms with van der Waals surface area (Å²) in [7, 11) is 3.44. The first-order chi connectivity index (χ1) is 22.5. The number of rotatable bonds is 3. The van der Waals surface area contributed by atoms with Crippen LogP contribution in [0.1, 0.15) is 77.7 Å². The molecule has 1 aliphatic carbocycles. The number of alkyl carbamates (subject to hydrolysis) is 1. The predicted molar refractivity (Wildman–Crippen MR) is 174 cm³/mol. The summed E-state index contributed by atoms with van der Waals surface area (Å²) in [4.78, 5) is 53.4. The topological polar surface area (TPSA) is 132 Å². The zero-order valence-electron chi connectivity index (χ0n) is 28.3. The van der Waals surface area contributed by atoms with Gasteiger partial charge in [0.1, 0.15) is 36.1 Å². The highest BCUT2D eigenvalue weighted by Gasteiger charge is 2.47. The molecule has 2 amide bonds. The fourth-order valence-corrected chi connectivity index (χ4v) is 7.12. The number of likely N-dealkylation sites (tertiary alicyclic amines) is 1. The molecule has 2 aromatic rings. The van der Waals surface area contributed by atoms with Gasteiger partial charge in [0.05, 0.1) is 30.1 Å². The standard InChI is InChI=1S/C35H49N5O7/c1-35(2,3)30-32(41)40-20-23(18-27(40)33(42)44-5)46-31-24(10-8-6-7-9-21-17-28(21)47-34(43)38-30)29(25-19-36-14-11-26(25)37-31)45-22-12-15-39(4)16-13-22/h11,14,19,21-23,27-28,30H,6-10,12-13,15-18,20H2,1-5H3,(H,38,43). The molecule has 0 radical (unpaired) electrons. The van der Waals surface area contributed by atoms with Crippen molar-refractivity contribution < 1.29 is 33.3 Å². The SMILES string of the molecule is COC(=O)C1CC2CN1C(=O)C(C(C)(C)C)NC(=O)OC1CC1CCCCCc1c(nc3ccncc3c1OC1CCN(C)CC1)O2. The summed E-state index contributed by atoms with van der Waals surface area (Å²) in [5.41, 5.74) is 0.966. The van der Waals surface area contributed by atoms with Crippen molar-refractivity contribution in [3.63, 3.8) is 0 Å². The number of carbonyl (C=O) groups excluding carboxylic acids is 3. The normalized spacial score (nSPS) is 28.2. The molecule has 1 saturated carbocycles. The van der Waals surface area contributed by atoms with Gasteiger partial charge >= 0.3 is 12.1 Å². The maximum atomic E-state index is 14.2. The van der Waals surface area contributed by atoms with E-state index in [-0.39, 0.29) is 31.1 Å². The van der Waals surface area contributed by atoms with Crippen LogP contribution < -0.4 is 14.8 Å². The number of nitrogens with one attached hydrogen (secondary N) is 1. The van der Waals surface area contributed by atoms with Crippen molar-refractivity contribution >= 4 is 28.9 Å². The number of esters is 1. The third-order valence-corrected chi connectivity index (χ3v) is 10.0. The molecule has 0 spiro atoms. The van der Waals surface area contributed by atoms with E-state index in [1.165, 1.54) is 12.0 Å². The number of methoxy groups -OCH3 is 1. The van der Waals surface area contributed by atoms with E-state index in [9.17, 15) is 14.4 Å². The smallest absolute Gasteiger partial charge is 0.408 e. The lowest BCUT2D eigenvalue weighted by molar-refractivity contribution is -0.152. The molecule has 12 heteroatoms. The van der Waals surface area contributed by atoms with E-state index < -0.39 is 35.7 Å². The number of nitrogens with zero attached hydrogens (tertiary/aromatic N) is 4. The fourth-order valence-electron chi connectivity index (χ4n) is 7.12. The number of amides is 2. The van der Waals surface area contributed by atoms with Gasteiger partial charge in [0.15, 0.2) is 0 Å². The van der Waals surface area contributed by atoms with E-state index in [1.54, 1.807) is 6.20 Å². The Hall–Kier alpha value is -3.67. The van der Waals surface area contributed by atoms with Crippen molar-refractivity contribution in [1.29, 1.82) is 0 Å². The van der Waals surface area contributed by atoms with Gasteiger partial charge < -0.3 is 34.1 Å². The van der Waals surface area contributed by atoms with Gasteiger partial charge in [-0.2, -0.15) is 0 Å². The van der Waals surface area contributed by atoms with E-state index in [0.29, 0.717) is 18.2 Å². The minimum atomic E-state index is -0.923. The average molecular weight is 652 g/mol. The summed E-state index contributed by atoms with van der Waals surface area (Å²) < 4.78 is 24.4. The van der Waals surface area contributed by atoms with Gasteiger partial charge in [0.2, 0.25) is 11.8 Å². The number of hydrogen-bond acceptors (Lipinski definition) is 10. The van der Waals surface area contributed by atoms with E-state index in [4.69, 9.17) is 23.9 Å². The first-order valence-corrected chi connectivity index (χ1v) is 17.2. The highest BCUT2D eigenvalue weighted by molar-refractivity contribution is 5.91. The Morgan fingerprint density at radius 2 is 1.85 bits per heavy atom. The zero-order valence-corrected chi connectivity index (χ0v) is 28.3. The van der Waals surface area contributed by atoms with Crippen molar-refractivity contribution in [3.8, 4) is 11.6 Å². The van der Waals surface area contributed by atoms with Crippen molar-refractivity contribution in [2.24, 2.45) is 11.3 Å². The molecule has 5 unspecified atom stereocenters. The van der Waals surface area contributed by atoms with Crippen LogP contribution in [-0.4, -0.2) is 102 Å². The van der Waals surface area contributed by atoms with E-state index in [1.807, 2.05) is 33.0 Å². The van der Waals surface area contributed by atoms with Crippen LogP contribution in [-0.2, 0) is 25.5 Å². The Balaban J connectivity index is 1.37. The summed E-state index contributed by atoms with van der Waals surface area (Å²) in [6.45, 7) is 7.70. The van der Waals surface area contributed by atoms with Crippen LogP contribution in [0.4, 0.5) is 4.79 Å². The third-order valence-electron chi connectivity index (χ3n) is 10.0. The highest BCUT2D eigenvalue weighted by atomic mass is 16.6. The maximum Gasteiger partial charge on any atom is 0.408 e. The molecular weight excluding hydrogens is 602 g/mol. The predicted octanol–water partition coefficient (Wildman–Crippen LogP) is 4.27. The molecule has 0 aromatic carbocycles. The molecule has 2 aromatic heterocycles. The number of piperidine rings is 1. The lowest BCUT2D eigenvalue weighted by atomic mass is 9.85. The van der Waals surface area contributed by atoms with Gasteiger partial charge in [0, 0.05) is 31.9 Å². The van der Waals surface area contributed by atoms with Crippen molar-refractivity contribution in [2.45, 2.75) is 109 Å². The molecule has 5 heterocycles. The van der Waals surface area contributed by atoms with Crippen LogP contribution in [0.25, 0.3) is 10.9 Å². The number of ether oxygens (including phenoxy) is 4. The molecular formula is C35H49N5O7. The highest BCUT2D eigenvalue weighted by Crippen LogP contribution is 2.41. The number of hydrogen-bond donors (Lipinski definition) is 1. The molecule has 5 atom stereocenters. The van der Waals surface area contributed by atoms with Gasteiger partial charge in [-0.25, -0.2) is 14.6 Å².